The number of imidazole rings is 1. The molecule has 0 atom stereocenters. The number of hydrogen-bond donors (Lipinski definition) is 3. The van der Waals surface area contributed by atoms with E-state index < -0.39 is 5.91 Å². The minimum Gasteiger partial charge on any atom is -0.333 e. The Morgan fingerprint density at radius 1 is 0.938 bits per heavy atom. The molecule has 6 nitrogen and oxygen atoms in total. The molecular weight excluding hydrogens is 427 g/mol. The molecule has 0 fully saturated rings. The molecule has 0 radical (unpaired) electrons. The van der Waals surface area contributed by atoms with Gasteiger partial charge in [0, 0.05) is 17.7 Å². The Morgan fingerprint density at radius 2 is 1.75 bits per heavy atom. The lowest BCUT2D eigenvalue weighted by Crippen LogP contribution is -2.41. The molecule has 0 bridgehead atoms. The minimum absolute atomic E-state index is 0.141. The maximum Gasteiger partial charge on any atom is 0.269 e. The number of carbonyl (C=O) groups is 2. The molecule has 4 rings (SSSR count). The van der Waals surface area contributed by atoms with Crippen LogP contribution in [0.25, 0.3) is 11.0 Å². The van der Waals surface area contributed by atoms with Crippen LogP contribution in [0.1, 0.15) is 27.9 Å². The Bertz CT molecular complexity index is 1210. The summed E-state index contributed by atoms with van der Waals surface area (Å²) in [6, 6.07) is 21.1. The predicted octanol–water partition coefficient (Wildman–Crippen LogP) is 4.39. The topological polar surface area (TPSA) is 86.9 Å². The quantitative estimate of drug-likeness (QED) is 0.289. The molecular formula is C24H21FN4O2S. The van der Waals surface area contributed by atoms with Crippen LogP contribution in [-0.2, 0) is 17.0 Å². The van der Waals surface area contributed by atoms with Crippen molar-refractivity contribution in [1.82, 2.24) is 20.8 Å². The smallest absolute Gasteiger partial charge is 0.269 e. The van der Waals surface area contributed by atoms with Crippen molar-refractivity contribution in [2.45, 2.75) is 23.8 Å². The summed E-state index contributed by atoms with van der Waals surface area (Å²) in [5.41, 5.74) is 8.94. The Morgan fingerprint density at radius 3 is 2.53 bits per heavy atom. The number of aromatic amines is 1. The van der Waals surface area contributed by atoms with Crippen LogP contribution in [0, 0.1) is 5.82 Å². The predicted molar refractivity (Wildman–Crippen MR) is 122 cm³/mol. The number of hydrazine groups is 1. The fourth-order valence-electron chi connectivity index (χ4n) is 3.11. The number of carbonyl (C=O) groups excluding carboxylic acids is 2. The molecule has 0 spiro atoms. The lowest BCUT2D eigenvalue weighted by Gasteiger charge is -2.08. The molecule has 4 aromatic rings. The van der Waals surface area contributed by atoms with Gasteiger partial charge >= 0.3 is 0 Å². The van der Waals surface area contributed by atoms with Gasteiger partial charge < -0.3 is 4.98 Å². The van der Waals surface area contributed by atoms with E-state index in [-0.39, 0.29) is 18.1 Å². The average Bonchev–Trinajstić information content (AvgIpc) is 3.23. The molecule has 1 aromatic heterocycles. The highest BCUT2D eigenvalue weighted by Gasteiger charge is 2.09. The Hall–Kier alpha value is -3.65. The number of amides is 2. The van der Waals surface area contributed by atoms with E-state index in [1.54, 1.807) is 36.0 Å². The summed E-state index contributed by atoms with van der Waals surface area (Å²) in [4.78, 5) is 32.0. The summed E-state index contributed by atoms with van der Waals surface area (Å²) in [5.74, 6) is -0.379. The second-order valence-corrected chi connectivity index (χ2v) is 8.14. The van der Waals surface area contributed by atoms with Crippen LogP contribution in [0.3, 0.4) is 0 Å². The second-order valence-electron chi connectivity index (χ2n) is 7.18. The molecule has 3 aromatic carbocycles. The van der Waals surface area contributed by atoms with Crippen molar-refractivity contribution < 1.29 is 14.0 Å². The van der Waals surface area contributed by atoms with Crippen molar-refractivity contribution in [2.75, 3.05) is 0 Å². The molecule has 0 saturated carbocycles. The molecule has 3 N–H and O–H groups in total. The lowest BCUT2D eigenvalue weighted by molar-refractivity contribution is -0.121. The first kappa shape index (κ1) is 21.6. The minimum atomic E-state index is -0.402. The molecule has 2 amide bonds. The van der Waals surface area contributed by atoms with Crippen LogP contribution in [0.5, 0.6) is 0 Å². The number of fused-ring (bicyclic) bond motifs is 1. The van der Waals surface area contributed by atoms with Crippen molar-refractivity contribution in [3.8, 4) is 0 Å². The van der Waals surface area contributed by atoms with Gasteiger partial charge in [0.05, 0.1) is 11.0 Å². The summed E-state index contributed by atoms with van der Waals surface area (Å²) >= 11 is 1.58. The highest BCUT2D eigenvalue weighted by molar-refractivity contribution is 7.98. The van der Waals surface area contributed by atoms with Crippen molar-refractivity contribution >= 4 is 34.6 Å². The SMILES string of the molecule is O=C(CCc1cccc(F)c1)NNC(=O)c1ccc(CSc2nc3ccccc3[nH]2)cc1. The number of rotatable bonds is 7. The van der Waals surface area contributed by atoms with E-state index in [0.717, 1.165) is 27.3 Å². The van der Waals surface area contributed by atoms with Crippen molar-refractivity contribution in [3.63, 3.8) is 0 Å². The first-order valence-electron chi connectivity index (χ1n) is 10.1. The Labute approximate surface area is 188 Å². The third-order valence-corrected chi connectivity index (χ3v) is 5.75. The molecule has 162 valence electrons. The van der Waals surface area contributed by atoms with Gasteiger partial charge in [0.15, 0.2) is 5.16 Å². The van der Waals surface area contributed by atoms with Gasteiger partial charge in [-0.05, 0) is 53.9 Å². The second kappa shape index (κ2) is 10.1. The van der Waals surface area contributed by atoms with Crippen LogP contribution in [0.15, 0.2) is 78.0 Å². The van der Waals surface area contributed by atoms with Crippen LogP contribution < -0.4 is 10.9 Å². The fourth-order valence-corrected chi connectivity index (χ4v) is 3.95. The molecule has 0 unspecified atom stereocenters. The van der Waals surface area contributed by atoms with Crippen molar-refractivity contribution in [3.05, 3.63) is 95.3 Å². The van der Waals surface area contributed by atoms with Gasteiger partial charge in [0.25, 0.3) is 5.91 Å². The zero-order valence-corrected chi connectivity index (χ0v) is 17.9. The maximum atomic E-state index is 13.2. The normalized spacial score (nSPS) is 10.8. The van der Waals surface area contributed by atoms with Gasteiger partial charge in [-0.3, -0.25) is 20.4 Å². The Balaban J connectivity index is 1.23. The number of aromatic nitrogens is 2. The standard InChI is InChI=1S/C24H21FN4O2S/c25-19-5-3-4-16(14-19)10-13-22(30)28-29-23(31)18-11-8-17(9-12-18)15-32-24-26-20-6-1-2-7-21(20)27-24/h1-9,11-12,14H,10,13,15H2,(H,26,27)(H,28,30)(H,29,31). The molecule has 0 aliphatic heterocycles. The van der Waals surface area contributed by atoms with Gasteiger partial charge in [-0.1, -0.05) is 48.2 Å². The van der Waals surface area contributed by atoms with Crippen molar-refractivity contribution in [1.29, 1.82) is 0 Å². The third kappa shape index (κ3) is 5.73. The van der Waals surface area contributed by atoms with E-state index in [9.17, 15) is 14.0 Å². The van der Waals surface area contributed by atoms with E-state index >= 15 is 0 Å². The monoisotopic (exact) mass is 448 g/mol. The van der Waals surface area contributed by atoms with E-state index in [1.807, 2.05) is 36.4 Å². The van der Waals surface area contributed by atoms with Gasteiger partial charge in [-0.2, -0.15) is 0 Å². The Kier molecular flexibility index (Phi) is 6.81. The van der Waals surface area contributed by atoms with Crippen LogP contribution in [0.2, 0.25) is 0 Å². The zero-order valence-electron chi connectivity index (χ0n) is 17.1. The number of thioether (sulfide) groups is 1. The van der Waals surface area contributed by atoms with Gasteiger partial charge in [-0.25, -0.2) is 9.37 Å². The first-order chi connectivity index (χ1) is 15.6. The van der Waals surface area contributed by atoms with Crippen LogP contribution >= 0.6 is 11.8 Å². The summed E-state index contributed by atoms with van der Waals surface area (Å²) in [7, 11) is 0. The molecule has 32 heavy (non-hydrogen) atoms. The van der Waals surface area contributed by atoms with Gasteiger partial charge in [-0.15, -0.1) is 0 Å². The van der Waals surface area contributed by atoms with E-state index in [0.29, 0.717) is 17.7 Å². The molecule has 0 aliphatic carbocycles. The van der Waals surface area contributed by atoms with Crippen LogP contribution in [0.4, 0.5) is 4.39 Å². The summed E-state index contributed by atoms with van der Waals surface area (Å²) in [6.07, 6.45) is 0.527. The summed E-state index contributed by atoms with van der Waals surface area (Å²) in [5, 5.41) is 0.842. The molecule has 0 aliphatic rings. The highest BCUT2D eigenvalue weighted by atomic mass is 32.2. The lowest BCUT2D eigenvalue weighted by atomic mass is 10.1. The number of nitrogens with zero attached hydrogens (tertiary/aromatic N) is 1. The zero-order chi connectivity index (χ0) is 22.3. The first-order valence-corrected chi connectivity index (χ1v) is 11.1. The number of para-hydroxylation sites is 2. The van der Waals surface area contributed by atoms with Gasteiger partial charge in [0.2, 0.25) is 5.91 Å². The van der Waals surface area contributed by atoms with E-state index in [1.165, 1.54) is 12.1 Å². The third-order valence-electron chi connectivity index (χ3n) is 4.80. The number of H-pyrrole nitrogens is 1. The molecule has 0 saturated heterocycles. The van der Waals surface area contributed by atoms with E-state index in [4.69, 9.17) is 0 Å². The fraction of sp³-hybridized carbons (Fsp3) is 0.125. The van der Waals surface area contributed by atoms with Crippen molar-refractivity contribution in [2.24, 2.45) is 0 Å². The summed E-state index contributed by atoms with van der Waals surface area (Å²) < 4.78 is 13.2. The van der Waals surface area contributed by atoms with Gasteiger partial charge in [0.1, 0.15) is 5.82 Å². The number of aryl methyl sites for hydroxylation is 1. The van der Waals surface area contributed by atoms with E-state index in [2.05, 4.69) is 20.8 Å². The van der Waals surface area contributed by atoms with Crippen LogP contribution in [-0.4, -0.2) is 21.8 Å². The molecule has 8 heteroatoms. The maximum absolute atomic E-state index is 13.2. The summed E-state index contributed by atoms with van der Waals surface area (Å²) in [6.45, 7) is 0. The largest absolute Gasteiger partial charge is 0.333 e. The molecule has 1 heterocycles. The number of nitrogens with one attached hydrogen (secondary N) is 3. The highest BCUT2D eigenvalue weighted by Crippen LogP contribution is 2.23. The average molecular weight is 449 g/mol. The number of benzene rings is 3. The number of hydrogen-bond acceptors (Lipinski definition) is 4. The number of halogens is 1.